The molecule has 20 heavy (non-hydrogen) atoms. The maximum atomic E-state index is 11.1. The van der Waals surface area contributed by atoms with Crippen LogP contribution in [0.2, 0.25) is 0 Å². The number of hydrogen-bond donors (Lipinski definition) is 1. The first-order chi connectivity index (χ1) is 9.49. The summed E-state index contributed by atoms with van der Waals surface area (Å²) in [5, 5.41) is 13.2. The fourth-order valence-corrected chi connectivity index (χ4v) is 1.69. The summed E-state index contributed by atoms with van der Waals surface area (Å²) in [5.74, 6) is -0.189. The molecule has 2 heterocycles. The van der Waals surface area contributed by atoms with Gasteiger partial charge in [0.05, 0.1) is 18.0 Å². The van der Waals surface area contributed by atoms with Gasteiger partial charge in [-0.3, -0.25) is 4.68 Å². The standard InChI is InChI=1S/C14H17N3O3/c1-4-11-5-10(14(18)19)6-13(16-11)20-12-7-15-17(8-12)9(2)3/h5-9H,4H2,1-3H3,(H,18,19). The lowest BCUT2D eigenvalue weighted by Gasteiger charge is -2.06. The Hall–Kier alpha value is -2.37. The maximum absolute atomic E-state index is 11.1. The van der Waals surface area contributed by atoms with Crippen molar-refractivity contribution >= 4 is 5.97 Å². The van der Waals surface area contributed by atoms with E-state index >= 15 is 0 Å². The first-order valence-corrected chi connectivity index (χ1v) is 6.46. The van der Waals surface area contributed by atoms with E-state index in [9.17, 15) is 4.79 Å². The highest BCUT2D eigenvalue weighted by Gasteiger charge is 2.10. The first kappa shape index (κ1) is 14.0. The van der Waals surface area contributed by atoms with E-state index < -0.39 is 5.97 Å². The van der Waals surface area contributed by atoms with Crippen LogP contribution in [-0.2, 0) is 6.42 Å². The molecule has 2 aromatic heterocycles. The van der Waals surface area contributed by atoms with Crippen LogP contribution < -0.4 is 4.74 Å². The van der Waals surface area contributed by atoms with E-state index in [1.807, 2.05) is 20.8 Å². The highest BCUT2D eigenvalue weighted by molar-refractivity contribution is 5.88. The summed E-state index contributed by atoms with van der Waals surface area (Å²) < 4.78 is 7.35. The van der Waals surface area contributed by atoms with Crippen LogP contribution in [0.5, 0.6) is 11.6 Å². The van der Waals surface area contributed by atoms with Gasteiger partial charge in [-0.05, 0) is 26.3 Å². The lowest BCUT2D eigenvalue weighted by Crippen LogP contribution is -2.01. The van der Waals surface area contributed by atoms with Gasteiger partial charge in [-0.1, -0.05) is 6.92 Å². The van der Waals surface area contributed by atoms with Crippen molar-refractivity contribution in [2.45, 2.75) is 33.2 Å². The number of aromatic nitrogens is 3. The summed E-state index contributed by atoms with van der Waals surface area (Å²) >= 11 is 0. The van der Waals surface area contributed by atoms with Crippen molar-refractivity contribution in [2.24, 2.45) is 0 Å². The Labute approximate surface area is 117 Å². The zero-order valence-corrected chi connectivity index (χ0v) is 11.7. The van der Waals surface area contributed by atoms with Crippen LogP contribution in [0.15, 0.2) is 24.5 Å². The molecule has 6 nitrogen and oxygen atoms in total. The van der Waals surface area contributed by atoms with E-state index in [1.54, 1.807) is 23.1 Å². The van der Waals surface area contributed by atoms with Gasteiger partial charge in [0.1, 0.15) is 0 Å². The van der Waals surface area contributed by atoms with Crippen LogP contribution >= 0.6 is 0 Å². The number of carboxylic acids is 1. The molecule has 0 aromatic carbocycles. The van der Waals surface area contributed by atoms with Crippen molar-refractivity contribution < 1.29 is 14.6 Å². The molecule has 0 bridgehead atoms. The molecule has 106 valence electrons. The number of carbonyl (C=O) groups is 1. The summed E-state index contributed by atoms with van der Waals surface area (Å²) in [6.45, 7) is 5.93. The largest absolute Gasteiger partial charge is 0.478 e. The fraction of sp³-hybridized carbons (Fsp3) is 0.357. The van der Waals surface area contributed by atoms with E-state index in [0.29, 0.717) is 17.9 Å². The Balaban J connectivity index is 2.27. The second-order valence-electron chi connectivity index (χ2n) is 4.70. The molecule has 0 aliphatic heterocycles. The molecule has 6 heteroatoms. The topological polar surface area (TPSA) is 77.2 Å². The van der Waals surface area contributed by atoms with E-state index in [-0.39, 0.29) is 17.5 Å². The minimum Gasteiger partial charge on any atom is -0.478 e. The van der Waals surface area contributed by atoms with Gasteiger partial charge in [0.15, 0.2) is 5.75 Å². The highest BCUT2D eigenvalue weighted by atomic mass is 16.5. The molecule has 2 rings (SSSR count). The molecule has 2 aromatic rings. The molecule has 0 saturated carbocycles. The Bertz CT molecular complexity index is 620. The highest BCUT2D eigenvalue weighted by Crippen LogP contribution is 2.22. The van der Waals surface area contributed by atoms with Crippen molar-refractivity contribution in [1.82, 2.24) is 14.8 Å². The van der Waals surface area contributed by atoms with Crippen molar-refractivity contribution in [3.63, 3.8) is 0 Å². The molecule has 0 aliphatic carbocycles. The van der Waals surface area contributed by atoms with Gasteiger partial charge in [0.25, 0.3) is 0 Å². The number of aromatic carboxylic acids is 1. The van der Waals surface area contributed by atoms with E-state index in [0.717, 1.165) is 0 Å². The van der Waals surface area contributed by atoms with Crippen LogP contribution in [0, 0.1) is 0 Å². The van der Waals surface area contributed by atoms with E-state index in [2.05, 4.69) is 10.1 Å². The molecule has 0 amide bonds. The number of ether oxygens (including phenoxy) is 1. The molecule has 0 atom stereocenters. The quantitative estimate of drug-likeness (QED) is 0.907. The van der Waals surface area contributed by atoms with Crippen molar-refractivity contribution in [3.8, 4) is 11.6 Å². The van der Waals surface area contributed by atoms with Crippen LogP contribution in [0.3, 0.4) is 0 Å². The predicted octanol–water partition coefficient (Wildman–Crippen LogP) is 2.91. The number of carboxylic acid groups (broad SMARTS) is 1. The number of aryl methyl sites for hydroxylation is 1. The number of nitrogens with zero attached hydrogens (tertiary/aromatic N) is 3. The lowest BCUT2D eigenvalue weighted by molar-refractivity contribution is 0.0696. The van der Waals surface area contributed by atoms with Gasteiger partial charge < -0.3 is 9.84 Å². The third-order valence-electron chi connectivity index (χ3n) is 2.79. The van der Waals surface area contributed by atoms with Crippen molar-refractivity contribution in [3.05, 3.63) is 35.8 Å². The number of rotatable bonds is 5. The Morgan fingerprint density at radius 2 is 2.20 bits per heavy atom. The minimum atomic E-state index is -0.996. The summed E-state index contributed by atoms with van der Waals surface area (Å²) in [5.41, 5.74) is 0.847. The van der Waals surface area contributed by atoms with Gasteiger partial charge in [-0.25, -0.2) is 9.78 Å². The minimum absolute atomic E-state index is 0.170. The fourth-order valence-electron chi connectivity index (χ4n) is 1.69. The number of pyridine rings is 1. The zero-order valence-electron chi connectivity index (χ0n) is 11.7. The predicted molar refractivity (Wildman–Crippen MR) is 73.3 cm³/mol. The molecule has 0 aliphatic rings. The molecular formula is C14H17N3O3. The third kappa shape index (κ3) is 3.14. The van der Waals surface area contributed by atoms with Crippen LogP contribution in [-0.4, -0.2) is 25.8 Å². The molecule has 1 N–H and O–H groups in total. The van der Waals surface area contributed by atoms with Crippen molar-refractivity contribution in [1.29, 1.82) is 0 Å². The SMILES string of the molecule is CCc1cc(C(=O)O)cc(Oc2cnn(C(C)C)c2)n1. The molecule has 0 saturated heterocycles. The zero-order chi connectivity index (χ0) is 14.7. The summed E-state index contributed by atoms with van der Waals surface area (Å²) in [6, 6.07) is 3.19. The molecule has 0 unspecified atom stereocenters. The average molecular weight is 275 g/mol. The molecular weight excluding hydrogens is 258 g/mol. The second kappa shape index (κ2) is 5.73. The maximum Gasteiger partial charge on any atom is 0.335 e. The Kier molecular flexibility index (Phi) is 4.02. The smallest absolute Gasteiger partial charge is 0.335 e. The molecule has 0 spiro atoms. The summed E-state index contributed by atoms with van der Waals surface area (Å²) in [7, 11) is 0. The van der Waals surface area contributed by atoms with Crippen molar-refractivity contribution in [2.75, 3.05) is 0 Å². The Morgan fingerprint density at radius 1 is 1.45 bits per heavy atom. The van der Waals surface area contributed by atoms with Gasteiger partial charge >= 0.3 is 5.97 Å². The second-order valence-corrected chi connectivity index (χ2v) is 4.70. The Morgan fingerprint density at radius 3 is 2.75 bits per heavy atom. The summed E-state index contributed by atoms with van der Waals surface area (Å²) in [6.07, 6.45) is 3.98. The molecule has 0 fully saturated rings. The summed E-state index contributed by atoms with van der Waals surface area (Å²) in [4.78, 5) is 15.3. The van der Waals surface area contributed by atoms with Gasteiger partial charge in [-0.15, -0.1) is 0 Å². The normalized spacial score (nSPS) is 10.8. The monoisotopic (exact) mass is 275 g/mol. The van der Waals surface area contributed by atoms with Gasteiger partial charge in [-0.2, -0.15) is 5.10 Å². The van der Waals surface area contributed by atoms with E-state index in [4.69, 9.17) is 9.84 Å². The lowest BCUT2D eigenvalue weighted by atomic mass is 10.2. The number of hydrogen-bond acceptors (Lipinski definition) is 4. The van der Waals surface area contributed by atoms with Crippen LogP contribution in [0.4, 0.5) is 0 Å². The van der Waals surface area contributed by atoms with E-state index in [1.165, 1.54) is 6.07 Å². The third-order valence-corrected chi connectivity index (χ3v) is 2.79. The van der Waals surface area contributed by atoms with Crippen LogP contribution in [0.25, 0.3) is 0 Å². The van der Waals surface area contributed by atoms with Crippen LogP contribution in [0.1, 0.15) is 42.9 Å². The average Bonchev–Trinajstić information content (AvgIpc) is 2.87. The molecule has 0 radical (unpaired) electrons. The van der Waals surface area contributed by atoms with Gasteiger partial charge in [0, 0.05) is 17.8 Å². The van der Waals surface area contributed by atoms with Gasteiger partial charge in [0.2, 0.25) is 5.88 Å². The first-order valence-electron chi connectivity index (χ1n) is 6.46.